The third kappa shape index (κ3) is 3.34. The van der Waals surface area contributed by atoms with Gasteiger partial charge in [0.1, 0.15) is 0 Å². The van der Waals surface area contributed by atoms with Crippen molar-refractivity contribution in [2.45, 2.75) is 13.0 Å². The van der Waals surface area contributed by atoms with Gasteiger partial charge in [0.25, 0.3) is 5.56 Å². The van der Waals surface area contributed by atoms with Gasteiger partial charge in [-0.25, -0.2) is 4.68 Å². The molecule has 1 aromatic carbocycles. The molecule has 2 aromatic heterocycles. The van der Waals surface area contributed by atoms with Gasteiger partial charge in [-0.05, 0) is 18.2 Å². The van der Waals surface area contributed by atoms with Crippen LogP contribution in [-0.4, -0.2) is 27.6 Å². The van der Waals surface area contributed by atoms with E-state index in [-0.39, 0.29) is 17.9 Å². The number of hydrogen-bond donors (Lipinski definition) is 0. The van der Waals surface area contributed by atoms with Crippen LogP contribution in [0, 0.1) is 0 Å². The SMILES string of the molecule is CN(Cc1ccc(Cl)s1)C(=O)Cc1nn(C)c(=O)c2ccccc12. The van der Waals surface area contributed by atoms with Gasteiger partial charge in [0.2, 0.25) is 5.91 Å². The molecule has 0 radical (unpaired) electrons. The number of amides is 1. The van der Waals surface area contributed by atoms with Gasteiger partial charge in [-0.3, -0.25) is 9.59 Å². The summed E-state index contributed by atoms with van der Waals surface area (Å²) >= 11 is 7.38. The lowest BCUT2D eigenvalue weighted by atomic mass is 10.1. The molecule has 0 spiro atoms. The fraction of sp³-hybridized carbons (Fsp3) is 0.235. The van der Waals surface area contributed by atoms with Gasteiger partial charge in [0, 0.05) is 24.4 Å². The van der Waals surface area contributed by atoms with Crippen LogP contribution >= 0.6 is 22.9 Å². The highest BCUT2D eigenvalue weighted by atomic mass is 35.5. The van der Waals surface area contributed by atoms with Gasteiger partial charge in [0.05, 0.1) is 28.4 Å². The molecule has 0 aliphatic carbocycles. The Morgan fingerprint density at radius 1 is 1.25 bits per heavy atom. The van der Waals surface area contributed by atoms with Gasteiger partial charge in [-0.15, -0.1) is 11.3 Å². The zero-order valence-electron chi connectivity index (χ0n) is 13.3. The van der Waals surface area contributed by atoms with Crippen molar-refractivity contribution in [1.82, 2.24) is 14.7 Å². The monoisotopic (exact) mass is 361 g/mol. The maximum atomic E-state index is 12.5. The molecule has 0 unspecified atom stereocenters. The summed E-state index contributed by atoms with van der Waals surface area (Å²) in [6.45, 7) is 0.500. The fourth-order valence-electron chi connectivity index (χ4n) is 2.54. The van der Waals surface area contributed by atoms with Crippen molar-refractivity contribution in [3.8, 4) is 0 Å². The maximum Gasteiger partial charge on any atom is 0.274 e. The molecule has 3 aromatic rings. The first-order valence-corrected chi connectivity index (χ1v) is 8.58. The van der Waals surface area contributed by atoms with Crippen molar-refractivity contribution < 1.29 is 4.79 Å². The second-order valence-electron chi connectivity index (χ2n) is 5.55. The van der Waals surface area contributed by atoms with E-state index < -0.39 is 0 Å². The number of fused-ring (bicyclic) bond motifs is 1. The third-order valence-corrected chi connectivity index (χ3v) is 5.02. The van der Waals surface area contributed by atoms with Gasteiger partial charge in [0.15, 0.2) is 0 Å². The van der Waals surface area contributed by atoms with Crippen LogP contribution in [0.5, 0.6) is 0 Å². The number of carbonyl (C=O) groups excluding carboxylic acids is 1. The van der Waals surface area contributed by atoms with E-state index in [1.54, 1.807) is 25.1 Å². The van der Waals surface area contributed by atoms with E-state index in [4.69, 9.17) is 11.6 Å². The van der Waals surface area contributed by atoms with Gasteiger partial charge in [-0.2, -0.15) is 5.10 Å². The average molecular weight is 362 g/mol. The number of aromatic nitrogens is 2. The number of aryl methyl sites for hydroxylation is 1. The number of nitrogens with zero attached hydrogens (tertiary/aromatic N) is 3. The van der Waals surface area contributed by atoms with Crippen LogP contribution in [0.3, 0.4) is 0 Å². The molecule has 1 amide bonds. The van der Waals surface area contributed by atoms with Crippen LogP contribution in [0.2, 0.25) is 4.34 Å². The van der Waals surface area contributed by atoms with Crippen LogP contribution in [0.25, 0.3) is 10.8 Å². The summed E-state index contributed by atoms with van der Waals surface area (Å²) in [7, 11) is 3.35. The molecule has 2 heterocycles. The number of hydrogen-bond acceptors (Lipinski definition) is 4. The molecule has 7 heteroatoms. The Kier molecular flexibility index (Phi) is 4.69. The molecule has 24 heavy (non-hydrogen) atoms. The Morgan fingerprint density at radius 3 is 2.62 bits per heavy atom. The summed E-state index contributed by atoms with van der Waals surface area (Å²) in [5.41, 5.74) is 0.442. The molecule has 0 bridgehead atoms. The number of thiophene rings is 1. The lowest BCUT2D eigenvalue weighted by molar-refractivity contribution is -0.129. The molecule has 3 rings (SSSR count). The fourth-order valence-corrected chi connectivity index (χ4v) is 3.68. The highest BCUT2D eigenvalue weighted by molar-refractivity contribution is 7.16. The highest BCUT2D eigenvalue weighted by Gasteiger charge is 2.16. The Balaban J connectivity index is 1.85. The summed E-state index contributed by atoms with van der Waals surface area (Å²) in [6, 6.07) is 11.0. The number of halogens is 1. The van der Waals surface area contributed by atoms with Crippen LogP contribution in [0.4, 0.5) is 0 Å². The largest absolute Gasteiger partial charge is 0.340 e. The summed E-state index contributed by atoms with van der Waals surface area (Å²) in [5.74, 6) is -0.0594. The summed E-state index contributed by atoms with van der Waals surface area (Å²) in [6.07, 6.45) is 0.143. The summed E-state index contributed by atoms with van der Waals surface area (Å²) < 4.78 is 1.99. The first-order chi connectivity index (χ1) is 11.5. The number of rotatable bonds is 4. The number of likely N-dealkylation sites (N-methyl/N-ethyl adjacent to an activating group) is 1. The summed E-state index contributed by atoms with van der Waals surface area (Å²) in [5, 5.41) is 5.57. The molecule has 0 N–H and O–H groups in total. The van der Waals surface area contributed by atoms with E-state index in [1.165, 1.54) is 16.0 Å². The second kappa shape index (κ2) is 6.75. The van der Waals surface area contributed by atoms with E-state index in [0.717, 1.165) is 10.3 Å². The van der Waals surface area contributed by atoms with E-state index in [1.807, 2.05) is 30.3 Å². The molecule has 0 saturated carbocycles. The molecule has 0 aliphatic heterocycles. The minimum atomic E-state index is -0.164. The Morgan fingerprint density at radius 2 is 1.96 bits per heavy atom. The molecule has 0 atom stereocenters. The van der Waals surface area contributed by atoms with Gasteiger partial charge in [-0.1, -0.05) is 29.8 Å². The van der Waals surface area contributed by atoms with Crippen LogP contribution in [0.1, 0.15) is 10.6 Å². The Hall–Kier alpha value is -2.18. The first-order valence-electron chi connectivity index (χ1n) is 7.39. The molecular weight excluding hydrogens is 346 g/mol. The predicted molar refractivity (Wildman–Crippen MR) is 96.5 cm³/mol. The van der Waals surface area contributed by atoms with Crippen molar-refractivity contribution in [2.24, 2.45) is 7.05 Å². The Labute approximate surface area is 148 Å². The molecule has 0 fully saturated rings. The van der Waals surface area contributed by atoms with Gasteiger partial charge < -0.3 is 4.90 Å². The third-order valence-electron chi connectivity index (χ3n) is 3.80. The number of carbonyl (C=O) groups is 1. The lowest BCUT2D eigenvalue weighted by Crippen LogP contribution is -2.29. The van der Waals surface area contributed by atoms with Crippen molar-refractivity contribution in [2.75, 3.05) is 7.05 Å². The molecule has 0 aliphatic rings. The predicted octanol–water partition coefficient (Wildman–Crippen LogP) is 2.85. The number of benzene rings is 1. The lowest BCUT2D eigenvalue weighted by Gasteiger charge is -2.16. The van der Waals surface area contributed by atoms with E-state index >= 15 is 0 Å². The standard InChI is InChI=1S/C17H16ClN3O2S/c1-20(10-11-7-8-15(18)24-11)16(22)9-14-12-5-3-4-6-13(12)17(23)21(2)19-14/h3-8H,9-10H2,1-2H3. The molecule has 124 valence electrons. The summed E-state index contributed by atoms with van der Waals surface area (Å²) in [4.78, 5) is 27.3. The average Bonchev–Trinajstić information content (AvgIpc) is 2.97. The topological polar surface area (TPSA) is 55.2 Å². The van der Waals surface area contributed by atoms with Crippen LogP contribution < -0.4 is 5.56 Å². The van der Waals surface area contributed by atoms with E-state index in [2.05, 4.69) is 5.10 Å². The maximum absolute atomic E-state index is 12.5. The van der Waals surface area contributed by atoms with Crippen molar-refractivity contribution in [3.63, 3.8) is 0 Å². The van der Waals surface area contributed by atoms with Crippen molar-refractivity contribution >= 4 is 39.6 Å². The molecular formula is C17H16ClN3O2S. The smallest absolute Gasteiger partial charge is 0.274 e. The van der Waals surface area contributed by atoms with Gasteiger partial charge >= 0.3 is 0 Å². The zero-order chi connectivity index (χ0) is 17.3. The van der Waals surface area contributed by atoms with Crippen LogP contribution in [-0.2, 0) is 24.8 Å². The quantitative estimate of drug-likeness (QED) is 0.718. The molecule has 0 saturated heterocycles. The molecule has 5 nitrogen and oxygen atoms in total. The normalized spacial score (nSPS) is 11.0. The zero-order valence-corrected chi connectivity index (χ0v) is 14.9. The minimum absolute atomic E-state index is 0.0594. The van der Waals surface area contributed by atoms with E-state index in [9.17, 15) is 9.59 Å². The first kappa shape index (κ1) is 16.7. The van der Waals surface area contributed by atoms with Crippen molar-refractivity contribution in [1.29, 1.82) is 0 Å². The minimum Gasteiger partial charge on any atom is -0.340 e. The van der Waals surface area contributed by atoms with Crippen molar-refractivity contribution in [3.05, 3.63) is 61.7 Å². The van der Waals surface area contributed by atoms with E-state index in [0.29, 0.717) is 22.0 Å². The highest BCUT2D eigenvalue weighted by Crippen LogP contribution is 2.22. The second-order valence-corrected chi connectivity index (χ2v) is 7.35. The van der Waals surface area contributed by atoms with Crippen LogP contribution in [0.15, 0.2) is 41.2 Å². The Bertz CT molecular complexity index is 964.